The first-order valence-corrected chi connectivity index (χ1v) is 16.8. The van der Waals surface area contributed by atoms with E-state index < -0.39 is 0 Å². The van der Waals surface area contributed by atoms with Gasteiger partial charge in [-0.25, -0.2) is 19.9 Å². The van der Waals surface area contributed by atoms with Crippen molar-refractivity contribution in [1.29, 1.82) is 0 Å². The Hall–Kier alpha value is -6.52. The van der Waals surface area contributed by atoms with Crippen LogP contribution in [0, 0.1) is 6.92 Å². The number of aromatic nitrogens is 4. The van der Waals surface area contributed by atoms with Crippen molar-refractivity contribution in [2.24, 2.45) is 0 Å². The van der Waals surface area contributed by atoms with Gasteiger partial charge in [-0.05, 0) is 65.1 Å². The summed E-state index contributed by atoms with van der Waals surface area (Å²) < 4.78 is 0. The average molecular weight is 643 g/mol. The molecule has 8 rings (SSSR count). The third-order valence-electron chi connectivity index (χ3n) is 8.74. The monoisotopic (exact) mass is 642 g/mol. The Morgan fingerprint density at radius 2 is 0.820 bits per heavy atom. The SMILES string of the molecule is Cc1cc(-c2cc(Cc3cc(-c4ccccc4)nc(-c4cccc(-c5ccccc5)c4)n3)cc(-c3ccccc3)c2)nc(-c2ccccc2)n1. The number of hydrogen-bond acceptors (Lipinski definition) is 4. The van der Waals surface area contributed by atoms with Gasteiger partial charge in [-0.1, -0.05) is 146 Å². The third kappa shape index (κ3) is 6.87. The zero-order chi connectivity index (χ0) is 33.7. The molecule has 0 aliphatic heterocycles. The topological polar surface area (TPSA) is 51.6 Å². The molecular formula is C46H34N4. The van der Waals surface area contributed by atoms with Crippen molar-refractivity contribution in [3.05, 3.63) is 193 Å². The molecule has 2 heterocycles. The van der Waals surface area contributed by atoms with Gasteiger partial charge < -0.3 is 0 Å². The van der Waals surface area contributed by atoms with Crippen molar-refractivity contribution < 1.29 is 0 Å². The molecule has 0 unspecified atom stereocenters. The number of rotatable bonds is 8. The molecule has 0 amide bonds. The zero-order valence-corrected chi connectivity index (χ0v) is 27.7. The maximum Gasteiger partial charge on any atom is 0.160 e. The standard InChI is InChI=1S/C46H34N4/c1-32-25-43(49-45(47-32)37-21-12-5-13-22-37)41-27-33(26-40(30-41)35-17-8-3-9-18-35)28-42-31-44(36-19-10-4-11-20-36)50-46(48-42)39-24-14-23-38(29-39)34-15-6-2-7-16-34/h2-27,29-31H,28H2,1H3. The van der Waals surface area contributed by atoms with E-state index in [0.29, 0.717) is 12.2 Å². The molecule has 0 fully saturated rings. The minimum absolute atomic E-state index is 0.622. The van der Waals surface area contributed by atoms with Crippen LogP contribution in [-0.4, -0.2) is 19.9 Å². The van der Waals surface area contributed by atoms with Crippen LogP contribution in [0.1, 0.15) is 17.0 Å². The van der Waals surface area contributed by atoms with Crippen molar-refractivity contribution in [2.75, 3.05) is 0 Å². The van der Waals surface area contributed by atoms with Crippen LogP contribution in [0.3, 0.4) is 0 Å². The summed E-state index contributed by atoms with van der Waals surface area (Å²) in [4.78, 5) is 20.1. The molecule has 8 aromatic rings. The van der Waals surface area contributed by atoms with Gasteiger partial charge in [0.05, 0.1) is 11.4 Å². The Morgan fingerprint density at radius 1 is 0.340 bits per heavy atom. The second-order valence-electron chi connectivity index (χ2n) is 12.4. The zero-order valence-electron chi connectivity index (χ0n) is 27.7. The van der Waals surface area contributed by atoms with Crippen molar-refractivity contribution in [2.45, 2.75) is 13.3 Å². The molecule has 50 heavy (non-hydrogen) atoms. The van der Waals surface area contributed by atoms with Crippen LogP contribution >= 0.6 is 0 Å². The minimum atomic E-state index is 0.622. The Labute approximate surface area is 292 Å². The van der Waals surface area contributed by atoms with Crippen LogP contribution in [0.5, 0.6) is 0 Å². The van der Waals surface area contributed by atoms with E-state index in [4.69, 9.17) is 19.9 Å². The van der Waals surface area contributed by atoms with Crippen molar-refractivity contribution in [3.63, 3.8) is 0 Å². The fourth-order valence-corrected chi connectivity index (χ4v) is 6.32. The molecule has 0 saturated heterocycles. The number of aryl methyl sites for hydroxylation is 1. The normalized spacial score (nSPS) is 11.0. The quantitative estimate of drug-likeness (QED) is 0.165. The lowest BCUT2D eigenvalue weighted by molar-refractivity contribution is 1.04. The second kappa shape index (κ2) is 13.9. The van der Waals surface area contributed by atoms with E-state index in [1.54, 1.807) is 0 Å². The van der Waals surface area contributed by atoms with Crippen molar-refractivity contribution in [3.8, 4) is 67.5 Å². The van der Waals surface area contributed by atoms with Gasteiger partial charge in [0.1, 0.15) is 0 Å². The molecule has 0 aliphatic rings. The van der Waals surface area contributed by atoms with E-state index in [-0.39, 0.29) is 0 Å². The summed E-state index contributed by atoms with van der Waals surface area (Å²) in [6.45, 7) is 2.03. The van der Waals surface area contributed by atoms with Gasteiger partial charge in [-0.15, -0.1) is 0 Å². The predicted molar refractivity (Wildman–Crippen MR) is 204 cm³/mol. The van der Waals surface area contributed by atoms with Gasteiger partial charge in [-0.3, -0.25) is 0 Å². The van der Waals surface area contributed by atoms with Gasteiger partial charge in [0.25, 0.3) is 0 Å². The third-order valence-corrected chi connectivity index (χ3v) is 8.74. The Morgan fingerprint density at radius 3 is 1.48 bits per heavy atom. The lowest BCUT2D eigenvalue weighted by atomic mass is 9.95. The van der Waals surface area contributed by atoms with Crippen molar-refractivity contribution >= 4 is 0 Å². The molecule has 4 heteroatoms. The van der Waals surface area contributed by atoms with Crippen LogP contribution < -0.4 is 0 Å². The summed E-state index contributed by atoms with van der Waals surface area (Å²) in [5, 5.41) is 0. The van der Waals surface area contributed by atoms with E-state index in [1.165, 1.54) is 0 Å². The highest BCUT2D eigenvalue weighted by Crippen LogP contribution is 2.32. The molecule has 0 radical (unpaired) electrons. The smallest absolute Gasteiger partial charge is 0.160 e. The van der Waals surface area contributed by atoms with Crippen LogP contribution in [0.4, 0.5) is 0 Å². The molecule has 6 aromatic carbocycles. The molecule has 0 saturated carbocycles. The number of nitrogens with zero attached hydrogens (tertiary/aromatic N) is 4. The van der Waals surface area contributed by atoms with Crippen LogP contribution in [0.2, 0.25) is 0 Å². The van der Waals surface area contributed by atoms with Crippen molar-refractivity contribution in [1.82, 2.24) is 19.9 Å². The van der Waals surface area contributed by atoms with Gasteiger partial charge in [0.15, 0.2) is 11.6 Å². The molecule has 0 atom stereocenters. The van der Waals surface area contributed by atoms with Crippen LogP contribution in [0.15, 0.2) is 176 Å². The first-order chi connectivity index (χ1) is 24.6. The number of benzene rings is 6. The molecule has 238 valence electrons. The second-order valence-corrected chi connectivity index (χ2v) is 12.4. The Bertz CT molecular complexity index is 2390. The highest BCUT2D eigenvalue weighted by atomic mass is 14.9. The largest absolute Gasteiger partial charge is 0.233 e. The fourth-order valence-electron chi connectivity index (χ4n) is 6.32. The van der Waals surface area contributed by atoms with Crippen LogP contribution in [0.25, 0.3) is 67.5 Å². The van der Waals surface area contributed by atoms with Gasteiger partial charge in [0, 0.05) is 40.1 Å². The summed E-state index contributed by atoms with van der Waals surface area (Å²) in [5.74, 6) is 1.43. The fraction of sp³-hybridized carbons (Fsp3) is 0.0435. The Balaban J connectivity index is 1.24. The average Bonchev–Trinajstić information content (AvgIpc) is 3.19. The van der Waals surface area contributed by atoms with Gasteiger partial charge in [-0.2, -0.15) is 0 Å². The molecule has 0 spiro atoms. The van der Waals surface area contributed by atoms with E-state index in [0.717, 1.165) is 78.7 Å². The molecule has 4 nitrogen and oxygen atoms in total. The summed E-state index contributed by atoms with van der Waals surface area (Å²) in [6.07, 6.45) is 0.622. The van der Waals surface area contributed by atoms with E-state index in [1.807, 2.05) is 37.3 Å². The summed E-state index contributed by atoms with van der Waals surface area (Å²) in [7, 11) is 0. The molecule has 0 aliphatic carbocycles. The molecule has 0 bridgehead atoms. The van der Waals surface area contributed by atoms with E-state index in [9.17, 15) is 0 Å². The first kappa shape index (κ1) is 30.8. The van der Waals surface area contributed by atoms with E-state index >= 15 is 0 Å². The summed E-state index contributed by atoms with van der Waals surface area (Å²) in [5.41, 5.74) is 13.4. The molecule has 0 N–H and O–H groups in total. The highest BCUT2D eigenvalue weighted by molar-refractivity contribution is 5.75. The maximum absolute atomic E-state index is 5.20. The minimum Gasteiger partial charge on any atom is -0.233 e. The van der Waals surface area contributed by atoms with Gasteiger partial charge >= 0.3 is 0 Å². The molecular weight excluding hydrogens is 609 g/mol. The molecule has 2 aromatic heterocycles. The summed E-state index contributed by atoms with van der Waals surface area (Å²) in [6, 6.07) is 60.9. The maximum atomic E-state index is 5.20. The lowest BCUT2D eigenvalue weighted by Gasteiger charge is -2.13. The predicted octanol–water partition coefficient (Wildman–Crippen LogP) is 11.2. The van der Waals surface area contributed by atoms with E-state index in [2.05, 4.69) is 146 Å². The highest BCUT2D eigenvalue weighted by Gasteiger charge is 2.14. The summed E-state index contributed by atoms with van der Waals surface area (Å²) >= 11 is 0. The van der Waals surface area contributed by atoms with Crippen LogP contribution in [-0.2, 0) is 6.42 Å². The lowest BCUT2D eigenvalue weighted by Crippen LogP contribution is -2.01. The van der Waals surface area contributed by atoms with Gasteiger partial charge in [0.2, 0.25) is 0 Å². The number of hydrogen-bond donors (Lipinski definition) is 0. The first-order valence-electron chi connectivity index (χ1n) is 16.8. The Kier molecular flexibility index (Phi) is 8.57.